The number of aryl methyl sites for hydroxylation is 2. The van der Waals surface area contributed by atoms with Gasteiger partial charge in [-0.3, -0.25) is 0 Å². The van der Waals surface area contributed by atoms with Crippen LogP contribution < -0.4 is 5.32 Å². The molecule has 0 radical (unpaired) electrons. The lowest BCUT2D eigenvalue weighted by atomic mass is 9.82. The van der Waals surface area contributed by atoms with E-state index in [9.17, 15) is 0 Å². The molecule has 0 heterocycles. The molecule has 0 aliphatic carbocycles. The minimum Gasteiger partial charge on any atom is -0.316 e. The Hall–Kier alpha value is -0.820. The number of benzene rings is 1. The highest BCUT2D eigenvalue weighted by Gasteiger charge is 2.18. The molecule has 0 unspecified atom stereocenters. The van der Waals surface area contributed by atoms with Crippen molar-refractivity contribution in [3.05, 3.63) is 34.9 Å². The predicted octanol–water partition coefficient (Wildman–Crippen LogP) is 4.51. The van der Waals surface area contributed by atoms with Crippen LogP contribution in [0.4, 0.5) is 0 Å². The average Bonchev–Trinajstić information content (AvgIpc) is 2.29. The van der Waals surface area contributed by atoms with Crippen molar-refractivity contribution in [1.82, 2.24) is 5.32 Å². The molecule has 0 amide bonds. The molecule has 0 aliphatic heterocycles. The smallest absolute Gasteiger partial charge is 0.00258 e. The van der Waals surface area contributed by atoms with E-state index >= 15 is 0 Å². The second-order valence-electron chi connectivity index (χ2n) is 7.11. The summed E-state index contributed by atoms with van der Waals surface area (Å²) in [6.07, 6.45) is 2.39. The van der Waals surface area contributed by atoms with Crippen molar-refractivity contribution < 1.29 is 0 Å². The normalized spacial score (nSPS) is 12.2. The lowest BCUT2D eigenvalue weighted by Crippen LogP contribution is -2.26. The van der Waals surface area contributed by atoms with Crippen molar-refractivity contribution >= 4 is 0 Å². The molecule has 19 heavy (non-hydrogen) atoms. The van der Waals surface area contributed by atoms with Gasteiger partial charge >= 0.3 is 0 Å². The third-order valence-electron chi connectivity index (χ3n) is 3.79. The van der Waals surface area contributed by atoms with Crippen LogP contribution >= 0.6 is 0 Å². The van der Waals surface area contributed by atoms with Crippen molar-refractivity contribution in [1.29, 1.82) is 0 Å². The Kier molecular flexibility index (Phi) is 6.06. The van der Waals surface area contributed by atoms with E-state index in [-0.39, 0.29) is 0 Å². The zero-order valence-corrected chi connectivity index (χ0v) is 13.6. The van der Waals surface area contributed by atoms with Gasteiger partial charge in [0.15, 0.2) is 0 Å². The van der Waals surface area contributed by atoms with Gasteiger partial charge in [0.2, 0.25) is 0 Å². The van der Waals surface area contributed by atoms with Crippen molar-refractivity contribution in [3.8, 4) is 0 Å². The quantitative estimate of drug-likeness (QED) is 0.712. The number of hydrogen-bond donors (Lipinski definition) is 1. The third kappa shape index (κ3) is 6.24. The zero-order valence-electron chi connectivity index (χ0n) is 13.6. The first-order valence-corrected chi connectivity index (χ1v) is 7.57. The van der Waals surface area contributed by atoms with E-state index < -0.39 is 0 Å². The van der Waals surface area contributed by atoms with E-state index in [1.807, 2.05) is 0 Å². The van der Waals surface area contributed by atoms with Crippen molar-refractivity contribution in [2.45, 2.75) is 54.4 Å². The maximum Gasteiger partial charge on any atom is -0.00258 e. The molecular formula is C18H31N. The predicted molar refractivity (Wildman–Crippen MR) is 85.7 cm³/mol. The lowest BCUT2D eigenvalue weighted by Gasteiger charge is -2.25. The van der Waals surface area contributed by atoms with Gasteiger partial charge in [0.05, 0.1) is 0 Å². The molecule has 108 valence electrons. The van der Waals surface area contributed by atoms with Crippen molar-refractivity contribution in [3.63, 3.8) is 0 Å². The van der Waals surface area contributed by atoms with Gasteiger partial charge in [0, 0.05) is 0 Å². The van der Waals surface area contributed by atoms with Crippen LogP contribution in [0.5, 0.6) is 0 Å². The maximum absolute atomic E-state index is 3.55. The van der Waals surface area contributed by atoms with E-state index in [1.54, 1.807) is 0 Å². The SMILES string of the molecule is Cc1ccc(CC(C)(C)CCNCC(C)C)cc1C. The fraction of sp³-hybridized carbons (Fsp3) is 0.667. The molecule has 1 aromatic rings. The first-order chi connectivity index (χ1) is 8.80. The Morgan fingerprint density at radius 2 is 1.79 bits per heavy atom. The minimum atomic E-state index is 0.367. The third-order valence-corrected chi connectivity index (χ3v) is 3.79. The summed E-state index contributed by atoms with van der Waals surface area (Å²) in [4.78, 5) is 0. The average molecular weight is 261 g/mol. The van der Waals surface area contributed by atoms with Gasteiger partial charge < -0.3 is 5.32 Å². The molecule has 0 aromatic heterocycles. The van der Waals surface area contributed by atoms with Crippen LogP contribution in [0.15, 0.2) is 18.2 Å². The van der Waals surface area contributed by atoms with Gasteiger partial charge in [-0.15, -0.1) is 0 Å². The molecule has 0 fully saturated rings. The van der Waals surface area contributed by atoms with Crippen LogP contribution in [-0.4, -0.2) is 13.1 Å². The Morgan fingerprint density at radius 3 is 2.37 bits per heavy atom. The summed E-state index contributed by atoms with van der Waals surface area (Å²) in [5.74, 6) is 0.739. The second-order valence-corrected chi connectivity index (χ2v) is 7.11. The highest BCUT2D eigenvalue weighted by molar-refractivity contribution is 5.30. The fourth-order valence-electron chi connectivity index (χ4n) is 2.37. The van der Waals surface area contributed by atoms with Crippen LogP contribution in [0.25, 0.3) is 0 Å². The van der Waals surface area contributed by atoms with Crippen molar-refractivity contribution in [2.75, 3.05) is 13.1 Å². The molecule has 1 rings (SSSR count). The highest BCUT2D eigenvalue weighted by Crippen LogP contribution is 2.26. The van der Waals surface area contributed by atoms with Gasteiger partial charge in [-0.25, -0.2) is 0 Å². The van der Waals surface area contributed by atoms with Crippen LogP contribution in [0.1, 0.15) is 50.8 Å². The standard InChI is InChI=1S/C18H31N/c1-14(2)13-19-10-9-18(5,6)12-17-8-7-15(3)16(4)11-17/h7-8,11,14,19H,9-10,12-13H2,1-6H3. The van der Waals surface area contributed by atoms with Gasteiger partial charge in [-0.2, -0.15) is 0 Å². The van der Waals surface area contributed by atoms with Crippen LogP contribution in [0.3, 0.4) is 0 Å². The van der Waals surface area contributed by atoms with Gasteiger partial charge in [-0.1, -0.05) is 45.9 Å². The Morgan fingerprint density at radius 1 is 1.11 bits per heavy atom. The molecule has 0 saturated heterocycles. The maximum atomic E-state index is 3.55. The Labute approximate surface area is 119 Å². The number of rotatable bonds is 7. The summed E-state index contributed by atoms with van der Waals surface area (Å²) in [7, 11) is 0. The summed E-state index contributed by atoms with van der Waals surface area (Å²) >= 11 is 0. The van der Waals surface area contributed by atoms with E-state index in [0.29, 0.717) is 5.41 Å². The van der Waals surface area contributed by atoms with Gasteiger partial charge in [0.25, 0.3) is 0 Å². The molecule has 0 bridgehead atoms. The summed E-state index contributed by atoms with van der Waals surface area (Å²) < 4.78 is 0. The van der Waals surface area contributed by atoms with E-state index in [2.05, 4.69) is 65.1 Å². The Balaban J connectivity index is 2.46. The minimum absolute atomic E-state index is 0.367. The number of nitrogens with one attached hydrogen (secondary N) is 1. The summed E-state index contributed by atoms with van der Waals surface area (Å²) in [5, 5.41) is 3.55. The molecule has 1 N–H and O–H groups in total. The zero-order chi connectivity index (χ0) is 14.5. The largest absolute Gasteiger partial charge is 0.316 e. The van der Waals surface area contributed by atoms with Crippen LogP contribution in [0.2, 0.25) is 0 Å². The Bertz CT molecular complexity index is 391. The molecular weight excluding hydrogens is 230 g/mol. The first kappa shape index (κ1) is 16.2. The molecule has 1 aromatic carbocycles. The van der Waals surface area contributed by atoms with Crippen LogP contribution in [-0.2, 0) is 6.42 Å². The first-order valence-electron chi connectivity index (χ1n) is 7.57. The summed E-state index contributed by atoms with van der Waals surface area (Å²) in [6.45, 7) is 15.9. The molecule has 0 saturated carbocycles. The number of hydrogen-bond acceptors (Lipinski definition) is 1. The second kappa shape index (κ2) is 7.09. The summed E-state index contributed by atoms with van der Waals surface area (Å²) in [5.41, 5.74) is 4.63. The van der Waals surface area contributed by atoms with E-state index in [4.69, 9.17) is 0 Å². The fourth-order valence-corrected chi connectivity index (χ4v) is 2.37. The molecule has 0 aliphatic rings. The monoisotopic (exact) mass is 261 g/mol. The molecule has 0 atom stereocenters. The summed E-state index contributed by atoms with van der Waals surface area (Å²) in [6, 6.07) is 6.88. The van der Waals surface area contributed by atoms with Gasteiger partial charge in [0.1, 0.15) is 0 Å². The van der Waals surface area contributed by atoms with Gasteiger partial charge in [-0.05, 0) is 67.8 Å². The highest BCUT2D eigenvalue weighted by atomic mass is 14.8. The van der Waals surface area contributed by atoms with E-state index in [1.165, 1.54) is 23.1 Å². The lowest BCUT2D eigenvalue weighted by molar-refractivity contribution is 0.322. The topological polar surface area (TPSA) is 12.0 Å². The van der Waals surface area contributed by atoms with Crippen LogP contribution in [0, 0.1) is 25.2 Å². The van der Waals surface area contributed by atoms with Crippen molar-refractivity contribution in [2.24, 2.45) is 11.3 Å². The molecule has 0 spiro atoms. The molecule has 1 nitrogen and oxygen atoms in total. The van der Waals surface area contributed by atoms with E-state index in [0.717, 1.165) is 25.4 Å². The molecule has 1 heteroatoms.